The largest absolute Gasteiger partial charge is 1.00 e. The standard InChI is InChI=1S/C7H5NS2.C2H7NO.Na/c9-7-8-5-3-1-2-4-6(5)10-7;3-1-2-4;/h1-4H,(H,8,9);4H,1-3H2;/q;;+1. The molecule has 4 N–H and O–H groups in total. The number of aliphatic hydroxyl groups excluding tert-OH is 1. The van der Waals surface area contributed by atoms with Crippen LogP contribution < -0.4 is 35.3 Å². The second-order valence-corrected chi connectivity index (χ2v) is 4.24. The van der Waals surface area contributed by atoms with Crippen LogP contribution in [0.2, 0.25) is 0 Å². The van der Waals surface area contributed by atoms with Crippen LogP contribution in [0, 0.1) is 3.95 Å². The smallest absolute Gasteiger partial charge is 0.395 e. The molecule has 2 rings (SSSR count). The van der Waals surface area contributed by atoms with E-state index in [4.69, 9.17) is 23.1 Å². The number of aromatic nitrogens is 1. The fourth-order valence-corrected chi connectivity index (χ4v) is 2.01. The second kappa shape index (κ2) is 8.41. The van der Waals surface area contributed by atoms with Gasteiger partial charge in [-0.2, -0.15) is 0 Å². The molecule has 0 saturated carbocycles. The minimum atomic E-state index is 0. The number of nitrogens with two attached hydrogens (primary N) is 1. The minimum Gasteiger partial charge on any atom is -0.395 e. The molecule has 76 valence electrons. The number of aliphatic hydroxyl groups is 1. The summed E-state index contributed by atoms with van der Waals surface area (Å²) in [5, 5.41) is 7.75. The molecule has 0 atom stereocenters. The van der Waals surface area contributed by atoms with Crippen LogP contribution in [0.3, 0.4) is 0 Å². The van der Waals surface area contributed by atoms with Crippen LogP contribution in [0.1, 0.15) is 0 Å². The van der Waals surface area contributed by atoms with Gasteiger partial charge in [0.1, 0.15) is 0 Å². The Morgan fingerprint density at radius 2 is 2.00 bits per heavy atom. The maximum atomic E-state index is 7.75. The molecule has 0 bridgehead atoms. The zero-order chi connectivity index (χ0) is 10.4. The maximum Gasteiger partial charge on any atom is 1.00 e. The molecule has 2 aromatic rings. The third-order valence-corrected chi connectivity index (χ3v) is 2.67. The van der Waals surface area contributed by atoms with Crippen molar-refractivity contribution >= 4 is 33.8 Å². The fraction of sp³-hybridized carbons (Fsp3) is 0.222. The number of para-hydroxylation sites is 1. The van der Waals surface area contributed by atoms with E-state index in [1.165, 1.54) is 4.70 Å². The first-order valence-electron chi connectivity index (χ1n) is 4.16. The van der Waals surface area contributed by atoms with E-state index in [-0.39, 0.29) is 36.2 Å². The molecule has 15 heavy (non-hydrogen) atoms. The molecule has 3 nitrogen and oxygen atoms in total. The van der Waals surface area contributed by atoms with Crippen molar-refractivity contribution in [2.24, 2.45) is 5.73 Å². The Hall–Kier alpha value is 0.250. The number of thiazole rings is 1. The molecular weight excluding hydrogens is 239 g/mol. The van der Waals surface area contributed by atoms with Gasteiger partial charge in [-0.3, -0.25) is 0 Å². The van der Waals surface area contributed by atoms with E-state index in [1.807, 2.05) is 18.2 Å². The average Bonchev–Trinajstić information content (AvgIpc) is 2.58. The fourth-order valence-electron chi connectivity index (χ4n) is 0.894. The SMILES string of the molecule is NCCO.S=c1[nH]c2ccccc2s1.[Na+]. The van der Waals surface area contributed by atoms with Crippen molar-refractivity contribution in [2.75, 3.05) is 13.2 Å². The molecular formula is C9H12N2NaOS2+. The molecule has 1 heterocycles. The van der Waals surface area contributed by atoms with Gasteiger partial charge in [-0.15, -0.1) is 11.3 Å². The van der Waals surface area contributed by atoms with E-state index < -0.39 is 0 Å². The molecule has 1 aromatic heterocycles. The normalized spacial score (nSPS) is 8.93. The molecule has 0 aliphatic carbocycles. The van der Waals surface area contributed by atoms with Crippen LogP contribution in [-0.4, -0.2) is 23.2 Å². The zero-order valence-electron chi connectivity index (χ0n) is 8.56. The maximum absolute atomic E-state index is 7.75. The predicted octanol–water partition coefficient (Wildman–Crippen LogP) is -1.10. The van der Waals surface area contributed by atoms with Crippen molar-refractivity contribution < 1.29 is 34.7 Å². The first-order valence-corrected chi connectivity index (χ1v) is 5.39. The number of H-pyrrole nitrogens is 1. The van der Waals surface area contributed by atoms with Gasteiger partial charge >= 0.3 is 29.6 Å². The number of fused-ring (bicyclic) bond motifs is 1. The van der Waals surface area contributed by atoms with Gasteiger partial charge in [-0.1, -0.05) is 12.1 Å². The summed E-state index contributed by atoms with van der Waals surface area (Å²) < 4.78 is 2.08. The molecule has 0 saturated heterocycles. The van der Waals surface area contributed by atoms with E-state index in [1.54, 1.807) is 11.3 Å². The number of nitrogens with one attached hydrogen (secondary N) is 1. The summed E-state index contributed by atoms with van der Waals surface area (Å²) in [7, 11) is 0. The summed E-state index contributed by atoms with van der Waals surface area (Å²) in [4.78, 5) is 3.09. The third-order valence-electron chi connectivity index (χ3n) is 1.46. The first-order chi connectivity index (χ1) is 6.77. The van der Waals surface area contributed by atoms with Gasteiger partial charge in [-0.05, 0) is 24.4 Å². The van der Waals surface area contributed by atoms with Gasteiger partial charge in [0.25, 0.3) is 0 Å². The molecule has 6 heteroatoms. The molecule has 0 aliphatic heterocycles. The zero-order valence-corrected chi connectivity index (χ0v) is 12.2. The van der Waals surface area contributed by atoms with E-state index in [0.29, 0.717) is 6.54 Å². The summed E-state index contributed by atoms with van der Waals surface area (Å²) in [6.45, 7) is 0.472. The predicted molar refractivity (Wildman–Crippen MR) is 63.1 cm³/mol. The Bertz CT molecular complexity index is 403. The van der Waals surface area contributed by atoms with Crippen molar-refractivity contribution in [1.82, 2.24) is 4.98 Å². The Morgan fingerprint density at radius 1 is 1.40 bits per heavy atom. The van der Waals surface area contributed by atoms with E-state index in [2.05, 4.69) is 11.1 Å². The third kappa shape index (κ3) is 5.21. The molecule has 1 aromatic carbocycles. The summed E-state index contributed by atoms with van der Waals surface area (Å²) >= 11 is 6.59. The van der Waals surface area contributed by atoms with Gasteiger partial charge in [-0.25, -0.2) is 0 Å². The summed E-state index contributed by atoms with van der Waals surface area (Å²) in [5.74, 6) is 0. The quantitative estimate of drug-likeness (QED) is 0.445. The number of aromatic amines is 1. The molecule has 0 fully saturated rings. The van der Waals surface area contributed by atoms with Gasteiger partial charge in [0, 0.05) is 6.54 Å². The summed E-state index contributed by atoms with van der Waals surface area (Å²) in [5.41, 5.74) is 5.91. The monoisotopic (exact) mass is 251 g/mol. The Morgan fingerprint density at radius 3 is 2.53 bits per heavy atom. The van der Waals surface area contributed by atoms with Crippen LogP contribution in [-0.2, 0) is 0 Å². The van der Waals surface area contributed by atoms with Gasteiger partial charge in [0.05, 0.1) is 16.8 Å². The van der Waals surface area contributed by atoms with Crippen LogP contribution in [0.25, 0.3) is 10.2 Å². The Balaban J connectivity index is 0.000000346. The number of benzene rings is 1. The molecule has 0 spiro atoms. The molecule has 0 unspecified atom stereocenters. The van der Waals surface area contributed by atoms with E-state index in [9.17, 15) is 0 Å². The second-order valence-electron chi connectivity index (χ2n) is 2.52. The average molecular weight is 251 g/mol. The molecule has 0 radical (unpaired) electrons. The molecule has 0 amide bonds. The van der Waals surface area contributed by atoms with Crippen molar-refractivity contribution in [3.05, 3.63) is 28.2 Å². The van der Waals surface area contributed by atoms with Gasteiger partial charge in [0.15, 0.2) is 3.95 Å². The Kier molecular flexibility index (Phi) is 8.55. The number of rotatable bonds is 1. The molecule has 0 aliphatic rings. The van der Waals surface area contributed by atoms with Crippen molar-refractivity contribution in [3.63, 3.8) is 0 Å². The van der Waals surface area contributed by atoms with Crippen molar-refractivity contribution in [2.45, 2.75) is 0 Å². The van der Waals surface area contributed by atoms with Crippen LogP contribution >= 0.6 is 23.6 Å². The summed E-state index contributed by atoms with van der Waals surface area (Å²) in [6.07, 6.45) is 0. The van der Waals surface area contributed by atoms with E-state index >= 15 is 0 Å². The Labute approximate surface area is 120 Å². The van der Waals surface area contributed by atoms with Crippen molar-refractivity contribution in [1.29, 1.82) is 0 Å². The van der Waals surface area contributed by atoms with Crippen LogP contribution in [0.15, 0.2) is 24.3 Å². The van der Waals surface area contributed by atoms with Crippen LogP contribution in [0.5, 0.6) is 0 Å². The van der Waals surface area contributed by atoms with Gasteiger partial charge < -0.3 is 15.8 Å². The van der Waals surface area contributed by atoms with Crippen LogP contribution in [0.4, 0.5) is 0 Å². The van der Waals surface area contributed by atoms with E-state index in [0.717, 1.165) is 9.47 Å². The first kappa shape index (κ1) is 15.2. The van der Waals surface area contributed by atoms with Gasteiger partial charge in [0.2, 0.25) is 0 Å². The topological polar surface area (TPSA) is 62.0 Å². The van der Waals surface area contributed by atoms with Crippen molar-refractivity contribution in [3.8, 4) is 0 Å². The minimum absolute atomic E-state index is 0. The number of hydrogen-bond donors (Lipinski definition) is 3. The number of hydrogen-bond acceptors (Lipinski definition) is 4. The summed E-state index contributed by atoms with van der Waals surface area (Å²) in [6, 6.07) is 8.11.